The topological polar surface area (TPSA) is 175 Å². The highest BCUT2D eigenvalue weighted by atomic mass is 15.5. The van der Waals surface area contributed by atoms with Crippen LogP contribution in [-0.4, -0.2) is 102 Å². The van der Waals surface area contributed by atoms with Gasteiger partial charge < -0.3 is 20.4 Å². The first-order chi connectivity index (χ1) is 31.7. The number of nitrogens with zero attached hydrogens (tertiary/aromatic N) is 13. The minimum Gasteiger partial charge on any atom is -0.353 e. The standard InChI is InChI=1S/C48H46N16/c1-3-34(25-51-11-1)64(41-24-33(10-14-55-41)46-58-40-29-53-27-36(31-7-8-31)43(40)48(60-46)63-21-17-50-18-22-63)61-37-4-2-12-56-44(37)38-23-32(9-13-54-38)45-57-39-28-52-26-35(30-5-6-30)42(39)47(59-45)62-19-15-49-16-20-62/h1-4,9-14,23-31,49-50,61H,5-8,15-22H2. The van der Waals surface area contributed by atoms with E-state index < -0.39 is 0 Å². The third kappa shape index (κ3) is 7.43. The molecule has 16 heteroatoms. The van der Waals surface area contributed by atoms with Crippen LogP contribution in [0.25, 0.3) is 56.0 Å². The van der Waals surface area contributed by atoms with Crippen molar-refractivity contribution in [1.29, 1.82) is 0 Å². The van der Waals surface area contributed by atoms with Crippen LogP contribution in [0.3, 0.4) is 0 Å². The molecule has 0 atom stereocenters. The number of rotatable bonds is 11. The molecule has 16 nitrogen and oxygen atoms in total. The van der Waals surface area contributed by atoms with Gasteiger partial charge in [0.15, 0.2) is 17.5 Å². The van der Waals surface area contributed by atoms with Crippen molar-refractivity contribution in [2.75, 3.05) is 72.6 Å². The molecule has 64 heavy (non-hydrogen) atoms. The maximum atomic E-state index is 5.32. The van der Waals surface area contributed by atoms with E-state index >= 15 is 0 Å². The van der Waals surface area contributed by atoms with Crippen molar-refractivity contribution < 1.29 is 0 Å². The summed E-state index contributed by atoms with van der Waals surface area (Å²) in [4.78, 5) is 54.1. The Morgan fingerprint density at radius 1 is 0.562 bits per heavy atom. The zero-order valence-corrected chi connectivity index (χ0v) is 35.3. The lowest BCUT2D eigenvalue weighted by Gasteiger charge is -2.30. The molecule has 4 aliphatic rings. The molecule has 0 bridgehead atoms. The maximum Gasteiger partial charge on any atom is 0.162 e. The lowest BCUT2D eigenvalue weighted by atomic mass is 10.1. The molecular weight excluding hydrogens is 801 g/mol. The second-order valence-electron chi connectivity index (χ2n) is 16.9. The number of piperazine rings is 2. The van der Waals surface area contributed by atoms with Gasteiger partial charge in [0.05, 0.1) is 46.7 Å². The molecule has 8 aromatic rings. The minimum absolute atomic E-state index is 0.508. The number of nitrogens with one attached hydrogen (secondary N) is 3. The molecule has 3 N–H and O–H groups in total. The van der Waals surface area contributed by atoms with Crippen molar-refractivity contribution in [2.45, 2.75) is 37.5 Å². The fraction of sp³-hybridized carbons (Fsp3) is 0.292. The van der Waals surface area contributed by atoms with E-state index in [4.69, 9.17) is 34.9 Å². The van der Waals surface area contributed by atoms with Crippen LogP contribution in [0, 0.1) is 0 Å². The summed E-state index contributed by atoms with van der Waals surface area (Å²) in [6.45, 7) is 7.11. The number of hydrogen-bond donors (Lipinski definition) is 3. The number of aromatic nitrogens is 10. The average Bonchev–Trinajstić information content (AvgIpc) is 4.32. The fourth-order valence-corrected chi connectivity index (χ4v) is 8.99. The maximum absolute atomic E-state index is 5.32. The Kier molecular flexibility index (Phi) is 9.86. The summed E-state index contributed by atoms with van der Waals surface area (Å²) >= 11 is 0. The normalized spacial score (nSPS) is 16.6. The molecule has 10 heterocycles. The molecule has 0 unspecified atom stereocenters. The summed E-state index contributed by atoms with van der Waals surface area (Å²) in [5, 5.41) is 11.1. The molecule has 12 rings (SSSR count). The fourth-order valence-electron chi connectivity index (χ4n) is 8.99. The number of fused-ring (bicyclic) bond motifs is 2. The zero-order chi connectivity index (χ0) is 42.4. The summed E-state index contributed by atoms with van der Waals surface area (Å²) in [6.07, 6.45) is 21.4. The lowest BCUT2D eigenvalue weighted by molar-refractivity contribution is 0.586. The quantitative estimate of drug-likeness (QED) is 0.117. The summed E-state index contributed by atoms with van der Waals surface area (Å²) in [7, 11) is 0. The Morgan fingerprint density at radius 2 is 1.16 bits per heavy atom. The van der Waals surface area contributed by atoms with E-state index in [1.54, 1.807) is 31.0 Å². The Hall–Kier alpha value is -7.30. The molecule has 4 fully saturated rings. The molecule has 0 radical (unpaired) electrons. The number of pyridine rings is 6. The van der Waals surface area contributed by atoms with E-state index in [0.29, 0.717) is 46.4 Å². The van der Waals surface area contributed by atoms with Gasteiger partial charge in [-0.1, -0.05) is 0 Å². The molecule has 2 saturated heterocycles. The first kappa shape index (κ1) is 38.4. The smallest absolute Gasteiger partial charge is 0.162 e. The Balaban J connectivity index is 0.915. The Labute approximate surface area is 369 Å². The molecule has 2 aliphatic heterocycles. The molecule has 2 aliphatic carbocycles. The molecule has 0 aromatic carbocycles. The van der Waals surface area contributed by atoms with E-state index in [-0.39, 0.29) is 0 Å². The third-order valence-electron chi connectivity index (χ3n) is 12.5. The van der Waals surface area contributed by atoms with Crippen molar-refractivity contribution in [3.63, 3.8) is 0 Å². The molecule has 8 aromatic heterocycles. The molecule has 0 spiro atoms. The van der Waals surface area contributed by atoms with Gasteiger partial charge in [0.2, 0.25) is 0 Å². The van der Waals surface area contributed by atoms with E-state index in [1.807, 2.05) is 78.3 Å². The van der Waals surface area contributed by atoms with Crippen molar-refractivity contribution in [3.05, 3.63) is 115 Å². The van der Waals surface area contributed by atoms with Gasteiger partial charge in [-0.2, -0.15) is 0 Å². The summed E-state index contributed by atoms with van der Waals surface area (Å²) in [6, 6.07) is 15.7. The van der Waals surface area contributed by atoms with Crippen molar-refractivity contribution in [2.24, 2.45) is 0 Å². The van der Waals surface area contributed by atoms with Crippen LogP contribution in [0.2, 0.25) is 0 Å². The van der Waals surface area contributed by atoms with Gasteiger partial charge in [-0.3, -0.25) is 30.3 Å². The monoisotopic (exact) mass is 846 g/mol. The van der Waals surface area contributed by atoms with Crippen LogP contribution in [0.5, 0.6) is 0 Å². The predicted octanol–water partition coefficient (Wildman–Crippen LogP) is 6.68. The molecule has 2 saturated carbocycles. The first-order valence-electron chi connectivity index (χ1n) is 22.3. The predicted molar refractivity (Wildman–Crippen MR) is 248 cm³/mol. The number of hydrogen-bond acceptors (Lipinski definition) is 16. The van der Waals surface area contributed by atoms with Crippen molar-refractivity contribution >= 4 is 50.6 Å². The van der Waals surface area contributed by atoms with Gasteiger partial charge in [0, 0.05) is 111 Å². The Bertz CT molecular complexity index is 3000. The number of anilines is 5. The van der Waals surface area contributed by atoms with Crippen LogP contribution >= 0.6 is 0 Å². The third-order valence-corrected chi connectivity index (χ3v) is 12.5. The largest absolute Gasteiger partial charge is 0.353 e. The second kappa shape index (κ2) is 16.4. The summed E-state index contributed by atoms with van der Waals surface area (Å²) in [5.41, 5.74) is 12.3. The second-order valence-corrected chi connectivity index (χ2v) is 16.9. The van der Waals surface area contributed by atoms with Gasteiger partial charge in [-0.15, -0.1) is 0 Å². The van der Waals surface area contributed by atoms with Gasteiger partial charge in [-0.05, 0) is 97.2 Å². The highest BCUT2D eigenvalue weighted by molar-refractivity contribution is 5.95. The summed E-state index contributed by atoms with van der Waals surface area (Å²) < 4.78 is 0. The van der Waals surface area contributed by atoms with E-state index in [9.17, 15) is 0 Å². The van der Waals surface area contributed by atoms with Crippen molar-refractivity contribution in [1.82, 2.24) is 60.5 Å². The zero-order valence-electron chi connectivity index (χ0n) is 35.3. The van der Waals surface area contributed by atoms with Gasteiger partial charge in [-0.25, -0.2) is 29.9 Å². The number of hydrazine groups is 1. The lowest BCUT2D eigenvalue weighted by Crippen LogP contribution is -2.44. The van der Waals surface area contributed by atoms with Gasteiger partial charge in [0.1, 0.15) is 17.3 Å². The highest BCUT2D eigenvalue weighted by Crippen LogP contribution is 2.46. The first-order valence-corrected chi connectivity index (χ1v) is 22.3. The van der Waals surface area contributed by atoms with Crippen LogP contribution in [0.1, 0.15) is 48.6 Å². The Morgan fingerprint density at radius 3 is 1.75 bits per heavy atom. The van der Waals surface area contributed by atoms with E-state index in [1.165, 1.54) is 36.8 Å². The van der Waals surface area contributed by atoms with E-state index in [2.05, 4.69) is 40.8 Å². The van der Waals surface area contributed by atoms with Crippen LogP contribution in [0.4, 0.5) is 28.8 Å². The average molecular weight is 847 g/mol. The van der Waals surface area contributed by atoms with Crippen LogP contribution in [0.15, 0.2) is 104 Å². The molecule has 0 amide bonds. The van der Waals surface area contributed by atoms with Gasteiger partial charge in [0.25, 0.3) is 0 Å². The molecular formula is C48H46N16. The van der Waals surface area contributed by atoms with Crippen LogP contribution < -0.4 is 30.9 Å². The minimum atomic E-state index is 0.508. The summed E-state index contributed by atoms with van der Waals surface area (Å²) in [5.74, 6) is 4.81. The van der Waals surface area contributed by atoms with Crippen LogP contribution in [-0.2, 0) is 0 Å². The van der Waals surface area contributed by atoms with Crippen molar-refractivity contribution in [3.8, 4) is 34.2 Å². The highest BCUT2D eigenvalue weighted by Gasteiger charge is 2.31. The van der Waals surface area contributed by atoms with E-state index in [0.717, 1.165) is 103 Å². The SMILES string of the molecule is c1cncc(N(Nc2cccnc2-c2cc(-c3nc(N4CCNCC4)c4c(C5CC5)cncc4n3)ccn2)c2cc(-c3nc(N4CCNCC4)c4c(C5CC5)cncc4n3)ccn2)c1. The van der Waals surface area contributed by atoms with Gasteiger partial charge >= 0.3 is 0 Å². The molecule has 318 valence electrons.